The molecule has 0 fully saturated rings. The van der Waals surface area contributed by atoms with Crippen LogP contribution in [0.1, 0.15) is 5.56 Å². The van der Waals surface area contributed by atoms with Gasteiger partial charge in [-0.3, -0.25) is 0 Å². The van der Waals surface area contributed by atoms with E-state index in [9.17, 15) is 5.26 Å². The van der Waals surface area contributed by atoms with Crippen LogP contribution in [0.15, 0.2) is 540 Å². The molecule has 25 rings (SSSR count). The van der Waals surface area contributed by atoms with E-state index in [2.05, 4.69) is 546 Å². The van der Waals surface area contributed by atoms with Crippen LogP contribution in [-0.2, 0) is 0 Å². The number of para-hydroxylation sites is 4. The Bertz CT molecular complexity index is 8220. The van der Waals surface area contributed by atoms with Crippen molar-refractivity contribution >= 4 is 174 Å². The predicted octanol–water partition coefficient (Wildman–Crippen LogP) is 23.1. The Morgan fingerprint density at radius 3 is 0.533 bits per heavy atom. The van der Waals surface area contributed by atoms with Crippen molar-refractivity contribution in [3.63, 3.8) is 0 Å². The van der Waals surface area contributed by atoms with Gasteiger partial charge in [-0.2, -0.15) is 5.26 Å². The lowest BCUT2D eigenvalue weighted by Gasteiger charge is -2.34. The first-order valence-electron chi connectivity index (χ1n) is 46.4. The number of nitriles is 1. The molecule has 0 saturated heterocycles. The van der Waals surface area contributed by atoms with Crippen LogP contribution in [0.2, 0.25) is 0 Å². The molecule has 0 radical (unpaired) electrons. The normalized spacial score (nSPS) is 11.8. The van der Waals surface area contributed by atoms with E-state index in [0.29, 0.717) is 5.56 Å². The molecule has 0 bridgehead atoms. The molecule has 0 spiro atoms. The lowest BCUT2D eigenvalue weighted by Crippen LogP contribution is -2.74. The fraction of sp³-hybridized carbons (Fsp3) is 0. The number of hydrogen-bond acceptors (Lipinski definition) is 1. The lowest BCUT2D eigenvalue weighted by atomic mass is 10.0. The molecule has 135 heavy (non-hydrogen) atoms. The minimum atomic E-state index is -2.76. The summed E-state index contributed by atoms with van der Waals surface area (Å²) < 4.78 is 9.68. The SMILES string of the molecule is N#Cc1cccc(-n2c3ccccc3c3cc(-c4ccc5c(c4)c4ccccc4n5-c4cccc([Si](c5ccccc5)(c5ccccc5)c5ccccc5)c4)ccc32)c1.c1ccc([Si](c2ccccc2)(c2ccccc2)c2cccc(-n3c4ccccc4c4cc(-c5ccc6c(c5)c5ccccc5n6-c5cccc([Si](c6ccccc6)(c6ccccc6)c6ccccc6)c5)ccc43)c2)cc1. The standard InChI is InChI=1S/C72H52N2Si2.C55H37N3Si/c1-7-27-57(28-8-1)75(58-29-9-2-10-30-58,59-31-11-3-12-32-59)63-39-23-25-55(51-63)73-69-43-21-19-41-65(69)67-49-53(45-47-71(67)73)54-46-48-72-68(50-54)66-42-20-22-44-70(66)74(72)56-26-24-40-64(52-56)76(60-33-13-4-14-34-60,61-35-15-5-16-36-61)62-37-17-6-18-38-62;56-38-39-16-14-17-42(34-39)57-52-28-12-10-26-48(52)50-35-40(30-32-54(50)57)41-31-33-55-51(36-41)49-27-11-13-29-53(49)58(55)43-18-15-25-47(37-43)59(44-19-4-1-5-20-44,45-21-6-2-7-22-45)46-23-8-3-9-24-46/h1-52H;1-37H. The van der Waals surface area contributed by atoms with Crippen molar-refractivity contribution < 1.29 is 0 Å². The number of hydrogen-bond donors (Lipinski definition) is 0. The third-order valence-corrected chi connectivity index (χ3v) is 42.4. The molecule has 0 aliphatic carbocycles. The molecule has 0 aliphatic rings. The quantitative estimate of drug-likeness (QED) is 0.0624. The first-order valence-corrected chi connectivity index (χ1v) is 52.4. The van der Waals surface area contributed by atoms with Gasteiger partial charge in [-0.05, 0) is 212 Å². The summed E-state index contributed by atoms with van der Waals surface area (Å²) in [6, 6.07) is 202. The summed E-state index contributed by atoms with van der Waals surface area (Å²) in [5, 5.41) is 35.7. The predicted molar refractivity (Wildman–Crippen MR) is 577 cm³/mol. The second-order valence-corrected chi connectivity index (χ2v) is 46.6. The fourth-order valence-electron chi connectivity index (χ4n) is 22.3. The molecule has 0 unspecified atom stereocenters. The minimum absolute atomic E-state index is 0.647. The van der Waals surface area contributed by atoms with E-state index in [1.165, 1.54) is 155 Å². The molecule has 0 amide bonds. The van der Waals surface area contributed by atoms with Gasteiger partial charge in [0.05, 0.1) is 55.8 Å². The molecular formula is C127H89N5Si3. The Kier molecular flexibility index (Phi) is 20.7. The molecular weight excluding hydrogens is 1680 g/mol. The summed E-state index contributed by atoms with van der Waals surface area (Å²) in [6.45, 7) is 0. The highest BCUT2D eigenvalue weighted by Crippen LogP contribution is 2.42. The Morgan fingerprint density at radius 1 is 0.141 bits per heavy atom. The molecule has 634 valence electrons. The van der Waals surface area contributed by atoms with Gasteiger partial charge in [0.15, 0.2) is 24.2 Å². The van der Waals surface area contributed by atoms with Crippen LogP contribution in [0.25, 0.3) is 132 Å². The van der Waals surface area contributed by atoms with Gasteiger partial charge < -0.3 is 18.3 Å². The second kappa shape index (κ2) is 34.4. The number of fused-ring (bicyclic) bond motifs is 12. The summed E-state index contributed by atoms with van der Waals surface area (Å²) in [5.74, 6) is 0. The van der Waals surface area contributed by atoms with E-state index in [1.54, 1.807) is 0 Å². The maximum atomic E-state index is 9.67. The third-order valence-electron chi connectivity index (χ3n) is 28.1. The van der Waals surface area contributed by atoms with Crippen molar-refractivity contribution in [1.29, 1.82) is 5.26 Å². The average Bonchev–Trinajstić information content (AvgIpc) is 1.16. The molecule has 0 aliphatic heterocycles. The van der Waals surface area contributed by atoms with Crippen LogP contribution < -0.4 is 62.2 Å². The Labute approximate surface area is 787 Å². The molecule has 0 N–H and O–H groups in total. The maximum Gasteiger partial charge on any atom is 0.179 e. The van der Waals surface area contributed by atoms with Crippen molar-refractivity contribution in [3.8, 4) is 51.1 Å². The molecule has 4 aromatic heterocycles. The van der Waals surface area contributed by atoms with Crippen LogP contribution in [0, 0.1) is 11.3 Å². The van der Waals surface area contributed by atoms with Crippen LogP contribution >= 0.6 is 0 Å². The number of rotatable bonds is 18. The van der Waals surface area contributed by atoms with Gasteiger partial charge in [0.25, 0.3) is 0 Å². The van der Waals surface area contributed by atoms with E-state index in [1.807, 2.05) is 18.2 Å². The van der Waals surface area contributed by atoms with Crippen LogP contribution in [0.4, 0.5) is 0 Å². The van der Waals surface area contributed by atoms with Gasteiger partial charge in [0.1, 0.15) is 0 Å². The molecule has 5 nitrogen and oxygen atoms in total. The van der Waals surface area contributed by atoms with Gasteiger partial charge in [-0.15, -0.1) is 0 Å². The average molecular weight is 1770 g/mol. The third kappa shape index (κ3) is 13.6. The zero-order valence-corrected chi connectivity index (χ0v) is 77.1. The Balaban J connectivity index is 0.000000153. The van der Waals surface area contributed by atoms with Crippen molar-refractivity contribution in [1.82, 2.24) is 18.3 Å². The monoisotopic (exact) mass is 1770 g/mol. The van der Waals surface area contributed by atoms with Crippen molar-refractivity contribution in [2.75, 3.05) is 0 Å². The highest BCUT2D eigenvalue weighted by Gasteiger charge is 2.45. The molecule has 0 saturated carbocycles. The highest BCUT2D eigenvalue weighted by atomic mass is 28.3. The van der Waals surface area contributed by atoms with Gasteiger partial charge in [0, 0.05) is 65.8 Å². The zero-order valence-electron chi connectivity index (χ0n) is 74.1. The van der Waals surface area contributed by atoms with Crippen molar-refractivity contribution in [3.05, 3.63) is 545 Å². The Hall–Kier alpha value is -17.0. The van der Waals surface area contributed by atoms with E-state index < -0.39 is 24.2 Å². The van der Waals surface area contributed by atoms with Gasteiger partial charge >= 0.3 is 0 Å². The minimum Gasteiger partial charge on any atom is -0.309 e. The molecule has 0 atom stereocenters. The first-order chi connectivity index (χ1) is 66.9. The van der Waals surface area contributed by atoms with E-state index in [0.717, 1.165) is 39.3 Å². The van der Waals surface area contributed by atoms with Gasteiger partial charge in [-0.25, -0.2) is 0 Å². The molecule has 8 heteroatoms. The summed E-state index contributed by atoms with van der Waals surface area (Å²) in [5.41, 5.74) is 19.2. The number of aromatic nitrogens is 4. The second-order valence-electron chi connectivity index (χ2n) is 35.2. The summed E-state index contributed by atoms with van der Waals surface area (Å²) in [7, 11) is -8.25. The van der Waals surface area contributed by atoms with Gasteiger partial charge in [0.2, 0.25) is 0 Å². The van der Waals surface area contributed by atoms with Crippen molar-refractivity contribution in [2.45, 2.75) is 0 Å². The Morgan fingerprint density at radius 2 is 0.319 bits per heavy atom. The first kappa shape index (κ1) is 81.2. The van der Waals surface area contributed by atoms with Crippen LogP contribution in [0.5, 0.6) is 0 Å². The lowest BCUT2D eigenvalue weighted by molar-refractivity contribution is 1.18. The van der Waals surface area contributed by atoms with E-state index in [4.69, 9.17) is 0 Å². The fourth-order valence-corrected chi connectivity index (χ4v) is 36.6. The molecule has 21 aromatic carbocycles. The highest BCUT2D eigenvalue weighted by molar-refractivity contribution is 7.21. The maximum absolute atomic E-state index is 9.67. The summed E-state index contributed by atoms with van der Waals surface area (Å²) in [6.07, 6.45) is 0. The topological polar surface area (TPSA) is 43.5 Å². The molecule has 25 aromatic rings. The van der Waals surface area contributed by atoms with Crippen LogP contribution in [-0.4, -0.2) is 42.5 Å². The van der Waals surface area contributed by atoms with Gasteiger partial charge in [-0.1, -0.05) is 413 Å². The molecule has 4 heterocycles. The summed E-state index contributed by atoms with van der Waals surface area (Å²) >= 11 is 0. The van der Waals surface area contributed by atoms with E-state index in [-0.39, 0.29) is 0 Å². The number of nitrogens with zero attached hydrogens (tertiary/aromatic N) is 5. The smallest absolute Gasteiger partial charge is 0.179 e. The zero-order chi connectivity index (χ0) is 89.8. The van der Waals surface area contributed by atoms with Crippen molar-refractivity contribution in [2.24, 2.45) is 0 Å². The summed E-state index contributed by atoms with van der Waals surface area (Å²) in [4.78, 5) is 0. The van der Waals surface area contributed by atoms with E-state index >= 15 is 0 Å². The largest absolute Gasteiger partial charge is 0.309 e. The number of benzene rings is 21. The van der Waals surface area contributed by atoms with Crippen LogP contribution in [0.3, 0.4) is 0 Å².